The minimum absolute atomic E-state index is 0.344. The summed E-state index contributed by atoms with van der Waals surface area (Å²) < 4.78 is 0. The third kappa shape index (κ3) is 27.4. The molecule has 0 unspecified atom stereocenters. The Labute approximate surface area is 65.6 Å². The normalized spacial score (nSPS) is 7.00. The maximum absolute atomic E-state index is 8.07. The van der Waals surface area contributed by atoms with Gasteiger partial charge in [0.2, 0.25) is 0 Å². The van der Waals surface area contributed by atoms with E-state index in [0.29, 0.717) is 6.61 Å². The second-order valence-corrected chi connectivity index (χ2v) is 3.45. The summed E-state index contributed by atoms with van der Waals surface area (Å²) in [5.41, 5.74) is 0. The van der Waals surface area contributed by atoms with E-state index in [-0.39, 0.29) is 14.4 Å². The molecule has 0 fully saturated rings. The average Bonchev–Trinajstić information content (AvgIpc) is 1.71. The Morgan fingerprint density at radius 3 is 1.88 bits per heavy atom. The molecule has 0 aromatic heterocycles. The van der Waals surface area contributed by atoms with E-state index in [0.717, 1.165) is 12.8 Å². The van der Waals surface area contributed by atoms with E-state index in [2.05, 4.69) is 6.92 Å². The first-order valence-electron chi connectivity index (χ1n) is 2.36. The van der Waals surface area contributed by atoms with E-state index in [9.17, 15) is 0 Å². The Bertz CT molecular complexity index is 28.0. The summed E-state index contributed by atoms with van der Waals surface area (Å²) in [6.45, 7) is 2.40. The molecular formula is C4H10Cl2OV. The quantitative estimate of drug-likeness (QED) is 0.717. The van der Waals surface area contributed by atoms with Crippen LogP contribution in [-0.4, -0.2) is 11.7 Å². The van der Waals surface area contributed by atoms with Gasteiger partial charge in [-0.2, -0.15) is 0 Å². The van der Waals surface area contributed by atoms with Gasteiger partial charge in [0, 0.05) is 6.61 Å². The van der Waals surface area contributed by atoms with Crippen molar-refractivity contribution in [2.75, 3.05) is 6.61 Å². The maximum atomic E-state index is 8.07. The van der Waals surface area contributed by atoms with Crippen LogP contribution < -0.4 is 0 Å². The van der Waals surface area contributed by atoms with Gasteiger partial charge < -0.3 is 5.11 Å². The Kier molecular flexibility index (Phi) is 23.3. The van der Waals surface area contributed by atoms with Crippen molar-refractivity contribution in [1.82, 2.24) is 0 Å². The second-order valence-electron chi connectivity index (χ2n) is 1.14. The molecule has 0 bridgehead atoms. The predicted molar refractivity (Wildman–Crippen MR) is 33.7 cm³/mol. The van der Waals surface area contributed by atoms with Crippen molar-refractivity contribution in [1.29, 1.82) is 0 Å². The standard InChI is InChI=1S/C4H10O.2ClH.V/c1-2-3-4-5;;;/h5H,2-4H2,1H3;2*1H;/q;;;+2/p-2. The first kappa shape index (κ1) is 11.9. The molecule has 0 aliphatic carbocycles. The second kappa shape index (κ2) is 15.7. The van der Waals surface area contributed by atoms with E-state index in [4.69, 9.17) is 24.8 Å². The van der Waals surface area contributed by atoms with Gasteiger partial charge in [-0.15, -0.1) is 0 Å². The van der Waals surface area contributed by atoms with Gasteiger partial charge in [-0.25, -0.2) is 0 Å². The fourth-order valence-corrected chi connectivity index (χ4v) is 0.158. The SMILES string of the molecule is CCCCO.[Cl][V][Cl]. The number of unbranched alkanes of at least 4 members (excludes halogenated alkanes) is 1. The van der Waals surface area contributed by atoms with Crippen LogP contribution in [0.2, 0.25) is 0 Å². The molecule has 0 saturated heterocycles. The van der Waals surface area contributed by atoms with Crippen LogP contribution in [0, 0.1) is 0 Å². The molecule has 0 aliphatic rings. The van der Waals surface area contributed by atoms with Gasteiger partial charge in [0.25, 0.3) is 0 Å². The fourth-order valence-electron chi connectivity index (χ4n) is 0.158. The van der Waals surface area contributed by atoms with Crippen LogP contribution in [-0.2, 0) is 14.4 Å². The van der Waals surface area contributed by atoms with Crippen LogP contribution in [0.3, 0.4) is 0 Å². The van der Waals surface area contributed by atoms with Crippen LogP contribution in [0.4, 0.5) is 0 Å². The molecule has 0 amide bonds. The van der Waals surface area contributed by atoms with Crippen LogP contribution >= 0.6 is 19.7 Å². The molecule has 8 heavy (non-hydrogen) atoms. The van der Waals surface area contributed by atoms with Crippen LogP contribution in [0.15, 0.2) is 0 Å². The predicted octanol–water partition coefficient (Wildman–Crippen LogP) is 2.16. The Morgan fingerprint density at radius 2 is 1.88 bits per heavy atom. The van der Waals surface area contributed by atoms with Gasteiger partial charge >= 0.3 is 34.1 Å². The van der Waals surface area contributed by atoms with Crippen molar-refractivity contribution >= 4 is 19.7 Å². The first-order chi connectivity index (χ1) is 3.83. The van der Waals surface area contributed by atoms with Gasteiger partial charge in [-0.05, 0) is 6.42 Å². The first-order valence-corrected chi connectivity index (χ1v) is 6.20. The van der Waals surface area contributed by atoms with Crippen molar-refractivity contribution in [2.24, 2.45) is 0 Å². The van der Waals surface area contributed by atoms with E-state index in [1.54, 1.807) is 0 Å². The van der Waals surface area contributed by atoms with Crippen molar-refractivity contribution in [3.8, 4) is 0 Å². The van der Waals surface area contributed by atoms with Crippen molar-refractivity contribution < 1.29 is 19.5 Å². The molecule has 51 valence electrons. The molecule has 0 rings (SSSR count). The molecule has 1 nitrogen and oxygen atoms in total. The molecular weight excluding hydrogens is 186 g/mol. The Balaban J connectivity index is 0. The fraction of sp³-hybridized carbons (Fsp3) is 1.00. The Hall–Kier alpha value is 1.12. The van der Waals surface area contributed by atoms with Crippen LogP contribution in [0.1, 0.15) is 19.8 Å². The van der Waals surface area contributed by atoms with Crippen molar-refractivity contribution in [3.05, 3.63) is 0 Å². The summed E-state index contributed by atoms with van der Waals surface area (Å²) >= 11 is -0.368. The average molecular weight is 196 g/mol. The van der Waals surface area contributed by atoms with E-state index >= 15 is 0 Å². The zero-order valence-corrected chi connectivity index (χ0v) is 7.68. The van der Waals surface area contributed by atoms with Crippen molar-refractivity contribution in [3.63, 3.8) is 0 Å². The molecule has 0 heterocycles. The third-order valence-corrected chi connectivity index (χ3v) is 0.512. The van der Waals surface area contributed by atoms with Crippen molar-refractivity contribution in [2.45, 2.75) is 19.8 Å². The van der Waals surface area contributed by atoms with Crippen LogP contribution in [0.25, 0.3) is 0 Å². The number of hydrogen-bond donors (Lipinski definition) is 1. The van der Waals surface area contributed by atoms with Gasteiger partial charge in [0.15, 0.2) is 0 Å². The van der Waals surface area contributed by atoms with Gasteiger partial charge in [-0.3, -0.25) is 0 Å². The molecule has 1 N–H and O–H groups in total. The third-order valence-electron chi connectivity index (χ3n) is 0.512. The zero-order valence-electron chi connectivity index (χ0n) is 4.77. The number of aliphatic hydroxyl groups is 1. The number of aliphatic hydroxyl groups excluding tert-OH is 1. The van der Waals surface area contributed by atoms with E-state index in [1.165, 1.54) is 0 Å². The summed E-state index contributed by atoms with van der Waals surface area (Å²) in [6, 6.07) is 0. The van der Waals surface area contributed by atoms with Crippen LogP contribution in [0.5, 0.6) is 0 Å². The Morgan fingerprint density at radius 1 is 1.50 bits per heavy atom. The number of rotatable bonds is 2. The molecule has 4 heteroatoms. The molecule has 0 aromatic carbocycles. The molecule has 0 spiro atoms. The topological polar surface area (TPSA) is 20.2 Å². The molecule has 0 aromatic rings. The summed E-state index contributed by atoms with van der Waals surface area (Å²) in [6.07, 6.45) is 2.04. The summed E-state index contributed by atoms with van der Waals surface area (Å²) in [5, 5.41) is 8.07. The monoisotopic (exact) mass is 195 g/mol. The summed E-state index contributed by atoms with van der Waals surface area (Å²) in [4.78, 5) is 0. The van der Waals surface area contributed by atoms with Gasteiger partial charge in [0.05, 0.1) is 0 Å². The molecule has 0 atom stereocenters. The van der Waals surface area contributed by atoms with Gasteiger partial charge in [-0.1, -0.05) is 13.3 Å². The molecule has 0 aliphatic heterocycles. The van der Waals surface area contributed by atoms with E-state index in [1.807, 2.05) is 0 Å². The molecule has 0 saturated carbocycles. The summed E-state index contributed by atoms with van der Waals surface area (Å²) in [5.74, 6) is 0. The minimum atomic E-state index is -0.368. The summed E-state index contributed by atoms with van der Waals surface area (Å²) in [7, 11) is 9.72. The molecule has 0 radical (unpaired) electrons. The number of halogens is 2. The van der Waals surface area contributed by atoms with E-state index < -0.39 is 0 Å². The number of hydrogen-bond acceptors (Lipinski definition) is 1. The zero-order chi connectivity index (χ0) is 6.83. The van der Waals surface area contributed by atoms with Gasteiger partial charge in [0.1, 0.15) is 0 Å².